The van der Waals surface area contributed by atoms with Gasteiger partial charge in [0, 0.05) is 31.9 Å². The Morgan fingerprint density at radius 3 is 2.70 bits per heavy atom. The predicted octanol–water partition coefficient (Wildman–Crippen LogP) is 3.37. The Balaban J connectivity index is 1.28. The van der Waals surface area contributed by atoms with Crippen molar-refractivity contribution < 1.29 is 4.79 Å². The molecule has 2 aliphatic rings. The van der Waals surface area contributed by atoms with Gasteiger partial charge in [-0.3, -0.25) is 9.69 Å². The highest BCUT2D eigenvalue weighted by atomic mass is 16.2. The van der Waals surface area contributed by atoms with Gasteiger partial charge in [0.05, 0.1) is 11.9 Å². The molecule has 6 nitrogen and oxygen atoms in total. The summed E-state index contributed by atoms with van der Waals surface area (Å²) in [6.07, 6.45) is 9.35. The van der Waals surface area contributed by atoms with Crippen LogP contribution in [0, 0.1) is 0 Å². The van der Waals surface area contributed by atoms with Crippen LogP contribution < -0.4 is 0 Å². The number of piperidine rings is 1. The lowest BCUT2D eigenvalue weighted by Gasteiger charge is -2.37. The summed E-state index contributed by atoms with van der Waals surface area (Å²) in [7, 11) is 0. The van der Waals surface area contributed by atoms with Crippen LogP contribution in [0.15, 0.2) is 48.9 Å². The molecule has 1 unspecified atom stereocenters. The van der Waals surface area contributed by atoms with Gasteiger partial charge in [-0.25, -0.2) is 9.97 Å². The van der Waals surface area contributed by atoms with E-state index in [9.17, 15) is 4.79 Å². The largest absolute Gasteiger partial charge is 0.337 e. The zero-order valence-corrected chi connectivity index (χ0v) is 17.4. The third kappa shape index (κ3) is 3.97. The summed E-state index contributed by atoms with van der Waals surface area (Å²) in [4.78, 5) is 26.9. The topological polar surface area (TPSA) is 54.3 Å². The van der Waals surface area contributed by atoms with Crippen LogP contribution in [0.1, 0.15) is 41.6 Å². The van der Waals surface area contributed by atoms with Crippen LogP contribution in [0.4, 0.5) is 0 Å². The fourth-order valence-corrected chi connectivity index (χ4v) is 4.85. The van der Waals surface area contributed by atoms with E-state index in [-0.39, 0.29) is 5.91 Å². The number of hydrogen-bond donors (Lipinski definition) is 0. The summed E-state index contributed by atoms with van der Waals surface area (Å²) in [6.45, 7) is 4.86. The number of nitrogens with zero attached hydrogens (tertiary/aromatic N) is 5. The van der Waals surface area contributed by atoms with Crippen molar-refractivity contribution in [2.45, 2.75) is 44.7 Å². The van der Waals surface area contributed by atoms with Crippen molar-refractivity contribution in [3.05, 3.63) is 60.0 Å². The highest BCUT2D eigenvalue weighted by Gasteiger charge is 2.30. The Bertz CT molecular complexity index is 1010. The molecule has 0 radical (unpaired) electrons. The van der Waals surface area contributed by atoms with Crippen LogP contribution in [-0.4, -0.2) is 62.5 Å². The number of fused-ring (bicyclic) bond motifs is 1. The lowest BCUT2D eigenvalue weighted by molar-refractivity contribution is 0.0607. The van der Waals surface area contributed by atoms with E-state index < -0.39 is 0 Å². The molecule has 0 aliphatic carbocycles. The second-order valence-corrected chi connectivity index (χ2v) is 8.53. The van der Waals surface area contributed by atoms with Crippen molar-refractivity contribution in [3.63, 3.8) is 0 Å². The van der Waals surface area contributed by atoms with Crippen LogP contribution in [-0.2, 0) is 13.0 Å². The van der Waals surface area contributed by atoms with Gasteiger partial charge >= 0.3 is 0 Å². The van der Waals surface area contributed by atoms with Crippen molar-refractivity contribution in [1.29, 1.82) is 0 Å². The molecule has 1 atom stereocenters. The fourth-order valence-electron chi connectivity index (χ4n) is 4.85. The summed E-state index contributed by atoms with van der Waals surface area (Å²) < 4.78 is 2.07. The number of hydrogen-bond acceptors (Lipinski definition) is 4. The fraction of sp³-hybridized carbons (Fsp3) is 0.458. The first-order valence-corrected chi connectivity index (χ1v) is 11.2. The van der Waals surface area contributed by atoms with Gasteiger partial charge in [0.2, 0.25) is 0 Å². The summed E-state index contributed by atoms with van der Waals surface area (Å²) in [5.74, 6) is 0.0899. The molecule has 5 rings (SSSR count). The summed E-state index contributed by atoms with van der Waals surface area (Å²) in [5.41, 5.74) is 3.58. The zero-order valence-electron chi connectivity index (χ0n) is 17.4. The average Bonchev–Trinajstić information content (AvgIpc) is 3.48. The Labute approximate surface area is 177 Å². The van der Waals surface area contributed by atoms with Gasteiger partial charge in [-0.1, -0.05) is 30.3 Å². The molecular formula is C24H29N5O. The van der Waals surface area contributed by atoms with Crippen LogP contribution in [0.5, 0.6) is 0 Å². The molecule has 1 amide bonds. The summed E-state index contributed by atoms with van der Waals surface area (Å²) in [5, 5.41) is 0. The molecule has 3 aromatic rings. The smallest absolute Gasteiger partial charge is 0.255 e. The Hall–Kier alpha value is -2.73. The molecule has 0 N–H and O–H groups in total. The lowest BCUT2D eigenvalue weighted by Crippen LogP contribution is -2.49. The standard InChI is InChI=1S/C24H29N5O/c30-24(28-13-6-9-21(17-28)27-11-4-5-12-27)20-15-22-23(25-16-20)29(18-26-22)14-10-19-7-2-1-3-8-19/h1-3,7-8,15-16,18,21H,4-6,9-14,17H2. The van der Waals surface area contributed by atoms with E-state index in [1.165, 1.54) is 37.9 Å². The number of aromatic nitrogens is 3. The number of imidazole rings is 1. The number of likely N-dealkylation sites (tertiary alicyclic amines) is 2. The maximum atomic E-state index is 13.2. The Kier molecular flexibility index (Phi) is 5.49. The van der Waals surface area contributed by atoms with Gasteiger partial charge < -0.3 is 9.47 Å². The van der Waals surface area contributed by atoms with E-state index in [0.717, 1.165) is 43.6 Å². The molecule has 156 valence electrons. The van der Waals surface area contributed by atoms with Gasteiger partial charge in [-0.15, -0.1) is 0 Å². The first-order chi connectivity index (χ1) is 14.8. The zero-order chi connectivity index (χ0) is 20.3. The van der Waals surface area contributed by atoms with Crippen LogP contribution in [0.2, 0.25) is 0 Å². The molecule has 2 aliphatic heterocycles. The molecule has 2 saturated heterocycles. The monoisotopic (exact) mass is 403 g/mol. The van der Waals surface area contributed by atoms with Crippen LogP contribution >= 0.6 is 0 Å². The molecular weight excluding hydrogens is 374 g/mol. The van der Waals surface area contributed by atoms with E-state index in [1.807, 2.05) is 23.4 Å². The molecule has 1 aromatic carbocycles. The average molecular weight is 404 g/mol. The number of benzene rings is 1. The maximum Gasteiger partial charge on any atom is 0.255 e. The quantitative estimate of drug-likeness (QED) is 0.655. The van der Waals surface area contributed by atoms with Gasteiger partial charge in [0.15, 0.2) is 5.65 Å². The van der Waals surface area contributed by atoms with E-state index >= 15 is 0 Å². The number of carbonyl (C=O) groups is 1. The van der Waals surface area contributed by atoms with Crippen molar-refractivity contribution in [1.82, 2.24) is 24.3 Å². The first-order valence-electron chi connectivity index (χ1n) is 11.2. The van der Waals surface area contributed by atoms with Crippen molar-refractivity contribution in [2.24, 2.45) is 0 Å². The second-order valence-electron chi connectivity index (χ2n) is 8.53. The maximum absolute atomic E-state index is 13.2. The number of aryl methyl sites for hydroxylation is 2. The number of rotatable bonds is 5. The van der Waals surface area contributed by atoms with E-state index in [4.69, 9.17) is 0 Å². The van der Waals surface area contributed by atoms with E-state index in [2.05, 4.69) is 43.7 Å². The molecule has 0 saturated carbocycles. The van der Waals surface area contributed by atoms with Gasteiger partial charge in [0.25, 0.3) is 5.91 Å². The predicted molar refractivity (Wildman–Crippen MR) is 117 cm³/mol. The van der Waals surface area contributed by atoms with Crippen molar-refractivity contribution >= 4 is 17.1 Å². The lowest BCUT2D eigenvalue weighted by atomic mass is 10.0. The summed E-state index contributed by atoms with van der Waals surface area (Å²) >= 11 is 0. The number of carbonyl (C=O) groups excluding carboxylic acids is 1. The molecule has 6 heteroatoms. The minimum atomic E-state index is 0.0899. The minimum Gasteiger partial charge on any atom is -0.337 e. The number of pyridine rings is 1. The van der Waals surface area contributed by atoms with Gasteiger partial charge in [-0.2, -0.15) is 0 Å². The summed E-state index contributed by atoms with van der Waals surface area (Å²) in [6, 6.07) is 12.8. The Morgan fingerprint density at radius 2 is 1.87 bits per heavy atom. The van der Waals surface area contributed by atoms with Gasteiger partial charge in [0.1, 0.15) is 5.52 Å². The molecule has 0 spiro atoms. The van der Waals surface area contributed by atoms with Crippen molar-refractivity contribution in [3.8, 4) is 0 Å². The third-order valence-electron chi connectivity index (χ3n) is 6.53. The first kappa shape index (κ1) is 19.2. The van der Waals surface area contributed by atoms with Gasteiger partial charge in [-0.05, 0) is 56.8 Å². The highest BCUT2D eigenvalue weighted by Crippen LogP contribution is 2.22. The number of amides is 1. The SMILES string of the molecule is O=C(c1cnc2c(c1)ncn2CCc1ccccc1)N1CCCC(N2CCCC2)C1. The van der Waals surface area contributed by atoms with Crippen molar-refractivity contribution in [2.75, 3.05) is 26.2 Å². The Morgan fingerprint density at radius 1 is 1.03 bits per heavy atom. The van der Waals surface area contributed by atoms with E-state index in [0.29, 0.717) is 11.6 Å². The van der Waals surface area contributed by atoms with Crippen LogP contribution in [0.25, 0.3) is 11.2 Å². The molecule has 2 fully saturated rings. The van der Waals surface area contributed by atoms with Crippen LogP contribution in [0.3, 0.4) is 0 Å². The second kappa shape index (κ2) is 8.56. The molecule has 4 heterocycles. The van der Waals surface area contributed by atoms with E-state index in [1.54, 1.807) is 6.20 Å². The minimum absolute atomic E-state index is 0.0899. The normalized spacial score (nSPS) is 20.1. The third-order valence-corrected chi connectivity index (χ3v) is 6.53. The molecule has 2 aromatic heterocycles. The molecule has 30 heavy (non-hydrogen) atoms. The molecule has 0 bridgehead atoms. The highest BCUT2D eigenvalue weighted by molar-refractivity contribution is 5.96.